The van der Waals surface area contributed by atoms with Crippen LogP contribution >= 0.6 is 0 Å². The maximum atomic E-state index is 12.9. The molecule has 25 heavy (non-hydrogen) atoms. The Morgan fingerprint density at radius 2 is 1.88 bits per heavy atom. The lowest BCUT2D eigenvalue weighted by atomic mass is 10.1. The number of rotatable bonds is 5. The number of carbonyl (C=O) groups excluding carboxylic acids is 1. The van der Waals surface area contributed by atoms with Crippen LogP contribution in [0.4, 0.5) is 18.9 Å². The van der Waals surface area contributed by atoms with E-state index in [9.17, 15) is 18.0 Å². The minimum Gasteiger partial charge on any atom is -0.435 e. The molecule has 0 atom stereocenters. The van der Waals surface area contributed by atoms with Gasteiger partial charge in [-0.2, -0.15) is 13.9 Å². The summed E-state index contributed by atoms with van der Waals surface area (Å²) in [7, 11) is 0. The molecule has 0 aliphatic rings. The molecule has 0 aliphatic carbocycles. The van der Waals surface area contributed by atoms with E-state index in [0.29, 0.717) is 16.9 Å². The first-order chi connectivity index (χ1) is 12.0. The van der Waals surface area contributed by atoms with Gasteiger partial charge < -0.3 is 10.1 Å². The molecular weight excluding hydrogens is 335 g/mol. The Labute approximate surface area is 140 Å². The van der Waals surface area contributed by atoms with E-state index in [1.54, 1.807) is 12.1 Å². The van der Waals surface area contributed by atoms with Crippen molar-refractivity contribution in [3.05, 3.63) is 66.1 Å². The molecule has 0 radical (unpaired) electrons. The second-order valence-corrected chi connectivity index (χ2v) is 5.03. The summed E-state index contributed by atoms with van der Waals surface area (Å²) in [6.07, 6.45) is 0. The molecule has 2 N–H and O–H groups in total. The number of carbonyl (C=O) groups is 1. The number of aromatic amines is 1. The van der Waals surface area contributed by atoms with E-state index in [0.717, 1.165) is 0 Å². The molecule has 3 rings (SSSR count). The van der Waals surface area contributed by atoms with Crippen molar-refractivity contribution in [2.45, 2.75) is 6.61 Å². The Balaban J connectivity index is 1.73. The number of nitrogens with one attached hydrogen (secondary N) is 2. The summed E-state index contributed by atoms with van der Waals surface area (Å²) >= 11 is 0. The number of hydrogen-bond acceptors (Lipinski definition) is 3. The van der Waals surface area contributed by atoms with Gasteiger partial charge in [0.15, 0.2) is 0 Å². The lowest BCUT2D eigenvalue weighted by Crippen LogP contribution is -2.12. The Morgan fingerprint density at radius 3 is 2.60 bits per heavy atom. The number of halogens is 3. The van der Waals surface area contributed by atoms with E-state index < -0.39 is 12.5 Å². The number of aromatic nitrogens is 2. The Kier molecular flexibility index (Phi) is 4.69. The third-order valence-corrected chi connectivity index (χ3v) is 3.28. The minimum absolute atomic E-state index is 0.0654. The fourth-order valence-corrected chi connectivity index (χ4v) is 2.16. The maximum absolute atomic E-state index is 12.9. The highest BCUT2D eigenvalue weighted by atomic mass is 19.3. The number of ether oxygens (including phenoxy) is 1. The molecule has 0 saturated carbocycles. The zero-order valence-corrected chi connectivity index (χ0v) is 12.7. The maximum Gasteiger partial charge on any atom is 0.387 e. The highest BCUT2D eigenvalue weighted by Crippen LogP contribution is 2.21. The summed E-state index contributed by atoms with van der Waals surface area (Å²) in [5.41, 5.74) is 1.57. The van der Waals surface area contributed by atoms with Gasteiger partial charge >= 0.3 is 6.61 Å². The van der Waals surface area contributed by atoms with Crippen molar-refractivity contribution in [2.75, 3.05) is 5.32 Å². The summed E-state index contributed by atoms with van der Waals surface area (Å²) in [6, 6.07) is 12.8. The normalized spacial score (nSPS) is 10.7. The van der Waals surface area contributed by atoms with Crippen molar-refractivity contribution in [1.82, 2.24) is 10.2 Å². The quantitative estimate of drug-likeness (QED) is 0.731. The topological polar surface area (TPSA) is 67.0 Å². The standard InChI is InChI=1S/C17H12F3N3O2/c18-11-6-4-10(5-7-11)14-9-15(23-22-14)16(24)21-12-2-1-3-13(8-12)25-17(19)20/h1-9,17H,(H,21,24)(H,22,23). The first-order valence-corrected chi connectivity index (χ1v) is 7.19. The van der Waals surface area contributed by atoms with Gasteiger partial charge in [0.05, 0.1) is 5.69 Å². The van der Waals surface area contributed by atoms with Gasteiger partial charge in [-0.3, -0.25) is 9.89 Å². The van der Waals surface area contributed by atoms with Crippen LogP contribution in [-0.2, 0) is 0 Å². The van der Waals surface area contributed by atoms with Gasteiger partial charge in [-0.1, -0.05) is 6.07 Å². The number of amides is 1. The Hall–Kier alpha value is -3.29. The molecule has 128 valence electrons. The highest BCUT2D eigenvalue weighted by molar-refractivity contribution is 6.03. The average Bonchev–Trinajstić information content (AvgIpc) is 3.05. The molecule has 0 spiro atoms. The molecule has 0 aliphatic heterocycles. The largest absolute Gasteiger partial charge is 0.435 e. The van der Waals surface area contributed by atoms with Gasteiger partial charge in [0.1, 0.15) is 17.3 Å². The first-order valence-electron chi connectivity index (χ1n) is 7.19. The predicted octanol–water partition coefficient (Wildman–Crippen LogP) is 4.07. The highest BCUT2D eigenvalue weighted by Gasteiger charge is 2.12. The second-order valence-electron chi connectivity index (χ2n) is 5.03. The van der Waals surface area contributed by atoms with Crippen LogP contribution in [0.15, 0.2) is 54.6 Å². The predicted molar refractivity (Wildman–Crippen MR) is 85.0 cm³/mol. The van der Waals surface area contributed by atoms with Crippen molar-refractivity contribution >= 4 is 11.6 Å². The first kappa shape index (κ1) is 16.6. The van der Waals surface area contributed by atoms with Gasteiger partial charge in [0, 0.05) is 17.3 Å². The van der Waals surface area contributed by atoms with Crippen LogP contribution in [0.5, 0.6) is 5.75 Å². The summed E-state index contributed by atoms with van der Waals surface area (Å²) in [5, 5.41) is 9.13. The van der Waals surface area contributed by atoms with Gasteiger partial charge in [-0.25, -0.2) is 4.39 Å². The monoisotopic (exact) mass is 347 g/mol. The lowest BCUT2D eigenvalue weighted by Gasteiger charge is -2.07. The molecule has 2 aromatic carbocycles. The number of benzene rings is 2. The molecule has 3 aromatic rings. The van der Waals surface area contributed by atoms with E-state index in [2.05, 4.69) is 20.3 Å². The van der Waals surface area contributed by atoms with Crippen LogP contribution in [0.3, 0.4) is 0 Å². The van der Waals surface area contributed by atoms with Crippen molar-refractivity contribution in [1.29, 1.82) is 0 Å². The lowest BCUT2D eigenvalue weighted by molar-refractivity contribution is -0.0497. The minimum atomic E-state index is -2.95. The number of hydrogen-bond donors (Lipinski definition) is 2. The van der Waals surface area contributed by atoms with Crippen molar-refractivity contribution < 1.29 is 22.7 Å². The number of anilines is 1. The molecule has 0 bridgehead atoms. The molecule has 1 aromatic heterocycles. The Morgan fingerprint density at radius 1 is 1.12 bits per heavy atom. The van der Waals surface area contributed by atoms with E-state index in [1.807, 2.05) is 0 Å². The van der Waals surface area contributed by atoms with Crippen molar-refractivity contribution in [3.63, 3.8) is 0 Å². The fourth-order valence-electron chi connectivity index (χ4n) is 2.16. The average molecular weight is 347 g/mol. The molecule has 8 heteroatoms. The van der Waals surface area contributed by atoms with E-state index >= 15 is 0 Å². The smallest absolute Gasteiger partial charge is 0.387 e. The second kappa shape index (κ2) is 7.08. The van der Waals surface area contributed by atoms with Crippen LogP contribution in [0.1, 0.15) is 10.5 Å². The van der Waals surface area contributed by atoms with Crippen LogP contribution < -0.4 is 10.1 Å². The molecule has 5 nitrogen and oxygen atoms in total. The van der Waals surface area contributed by atoms with Crippen LogP contribution in [-0.4, -0.2) is 22.7 Å². The van der Waals surface area contributed by atoms with Crippen LogP contribution in [0.25, 0.3) is 11.3 Å². The third-order valence-electron chi connectivity index (χ3n) is 3.28. The summed E-state index contributed by atoms with van der Waals surface area (Å²) < 4.78 is 41.7. The van der Waals surface area contributed by atoms with Gasteiger partial charge in [-0.15, -0.1) is 0 Å². The van der Waals surface area contributed by atoms with Gasteiger partial charge in [-0.05, 0) is 42.5 Å². The van der Waals surface area contributed by atoms with Gasteiger partial charge in [0.25, 0.3) is 5.91 Å². The summed E-state index contributed by atoms with van der Waals surface area (Å²) in [5.74, 6) is -0.942. The molecule has 0 unspecified atom stereocenters. The zero-order chi connectivity index (χ0) is 17.8. The molecule has 0 fully saturated rings. The van der Waals surface area contributed by atoms with Gasteiger partial charge in [0.2, 0.25) is 0 Å². The molecule has 1 amide bonds. The SMILES string of the molecule is O=C(Nc1cccc(OC(F)F)c1)c1cc(-c2ccc(F)cc2)n[nH]1. The van der Waals surface area contributed by atoms with Crippen molar-refractivity contribution in [2.24, 2.45) is 0 Å². The summed E-state index contributed by atoms with van der Waals surface area (Å²) in [4.78, 5) is 12.2. The number of H-pyrrole nitrogens is 1. The number of nitrogens with zero attached hydrogens (tertiary/aromatic N) is 1. The van der Waals surface area contributed by atoms with E-state index in [-0.39, 0.29) is 17.3 Å². The van der Waals surface area contributed by atoms with Crippen LogP contribution in [0, 0.1) is 5.82 Å². The molecular formula is C17H12F3N3O2. The van der Waals surface area contributed by atoms with Crippen molar-refractivity contribution in [3.8, 4) is 17.0 Å². The summed E-state index contributed by atoms with van der Waals surface area (Å²) in [6.45, 7) is -2.95. The Bertz CT molecular complexity index is 879. The number of alkyl halides is 2. The van der Waals surface area contributed by atoms with E-state index in [1.165, 1.54) is 42.5 Å². The molecule has 0 saturated heterocycles. The zero-order valence-electron chi connectivity index (χ0n) is 12.7. The van der Waals surface area contributed by atoms with E-state index in [4.69, 9.17) is 0 Å². The third kappa shape index (κ3) is 4.17. The molecule has 1 heterocycles. The fraction of sp³-hybridized carbons (Fsp3) is 0.0588. The van der Waals surface area contributed by atoms with Crippen LogP contribution in [0.2, 0.25) is 0 Å².